The highest BCUT2D eigenvalue weighted by Gasteiger charge is 2.21. The molecule has 10 nitrogen and oxygen atoms in total. The van der Waals surface area contributed by atoms with E-state index in [1.807, 2.05) is 47.0 Å². The predicted octanol–water partition coefficient (Wildman–Crippen LogP) is 5.33. The van der Waals surface area contributed by atoms with E-state index >= 15 is 0 Å². The predicted molar refractivity (Wildman–Crippen MR) is 157 cm³/mol. The van der Waals surface area contributed by atoms with E-state index in [-0.39, 0.29) is 11.6 Å². The van der Waals surface area contributed by atoms with E-state index in [1.54, 1.807) is 19.1 Å². The lowest BCUT2D eigenvalue weighted by Crippen LogP contribution is -2.27. The number of thioether (sulfide) groups is 1. The minimum atomic E-state index is -0.519. The highest BCUT2D eigenvalue weighted by molar-refractivity contribution is 14.1. The molecule has 1 aromatic heterocycles. The Kier molecular flexibility index (Phi) is 9.07. The Morgan fingerprint density at radius 1 is 1.16 bits per heavy atom. The number of nitrogens with one attached hydrogen (secondary N) is 2. The van der Waals surface area contributed by atoms with Crippen molar-refractivity contribution in [2.75, 3.05) is 5.32 Å². The molecule has 0 aliphatic rings. The third kappa shape index (κ3) is 6.95. The lowest BCUT2D eigenvalue weighted by molar-refractivity contribution is -0.384. The van der Waals surface area contributed by atoms with Crippen molar-refractivity contribution < 1.29 is 9.72 Å². The Morgan fingerprint density at radius 3 is 2.58 bits per heavy atom. The minimum absolute atomic E-state index is 0.0121. The zero-order chi connectivity index (χ0) is 27.1. The second-order valence-electron chi connectivity index (χ2n) is 8.23. The highest BCUT2D eigenvalue weighted by atomic mass is 127. The van der Waals surface area contributed by atoms with E-state index < -0.39 is 10.2 Å². The third-order valence-corrected chi connectivity index (χ3v) is 7.20. The van der Waals surface area contributed by atoms with Crippen molar-refractivity contribution in [1.82, 2.24) is 20.2 Å². The Labute approximate surface area is 237 Å². The molecule has 2 N–H and O–H groups in total. The number of aromatic nitrogens is 3. The van der Waals surface area contributed by atoms with Crippen LogP contribution in [0, 0.1) is 20.6 Å². The van der Waals surface area contributed by atoms with Crippen LogP contribution in [0.3, 0.4) is 0 Å². The molecule has 1 atom stereocenters. The fraction of sp³-hybridized carbons (Fsp3) is 0.154. The van der Waals surface area contributed by atoms with E-state index in [4.69, 9.17) is 0 Å². The van der Waals surface area contributed by atoms with Crippen LogP contribution in [-0.2, 0) is 11.3 Å². The largest absolute Gasteiger partial charge is 0.378 e. The summed E-state index contributed by atoms with van der Waals surface area (Å²) in [5, 5.41) is 27.0. The lowest BCUT2D eigenvalue weighted by Gasteiger charge is -2.14. The first kappa shape index (κ1) is 27.3. The number of carbonyl (C=O) groups is 1. The van der Waals surface area contributed by atoms with Gasteiger partial charge in [0.1, 0.15) is 0 Å². The Morgan fingerprint density at radius 2 is 1.89 bits per heavy atom. The van der Waals surface area contributed by atoms with Gasteiger partial charge in [-0.3, -0.25) is 19.5 Å². The highest BCUT2D eigenvalue weighted by Crippen LogP contribution is 2.27. The topological polar surface area (TPSA) is 127 Å². The van der Waals surface area contributed by atoms with Crippen molar-refractivity contribution in [3.63, 3.8) is 0 Å². The summed E-state index contributed by atoms with van der Waals surface area (Å²) in [5.41, 5.74) is 6.17. The molecule has 1 heterocycles. The molecule has 0 aliphatic carbocycles. The molecule has 0 bridgehead atoms. The maximum Gasteiger partial charge on any atom is 0.269 e. The molecule has 38 heavy (non-hydrogen) atoms. The molecule has 3 aromatic carbocycles. The molecule has 0 saturated carbocycles. The zero-order valence-electron chi connectivity index (χ0n) is 20.5. The fourth-order valence-corrected chi connectivity index (χ4v) is 5.01. The number of amides is 1. The smallest absolute Gasteiger partial charge is 0.269 e. The summed E-state index contributed by atoms with van der Waals surface area (Å²) in [6, 6.07) is 21.8. The number of hydrogen-bond donors (Lipinski definition) is 2. The average molecular weight is 641 g/mol. The molecule has 12 heteroatoms. The van der Waals surface area contributed by atoms with Gasteiger partial charge in [0.15, 0.2) is 11.0 Å². The number of carbonyl (C=O) groups excluding carboxylic acids is 1. The van der Waals surface area contributed by atoms with Gasteiger partial charge in [-0.05, 0) is 90.0 Å². The van der Waals surface area contributed by atoms with Gasteiger partial charge in [0.05, 0.1) is 22.9 Å². The second-order valence-corrected chi connectivity index (χ2v) is 10.8. The number of nitro benzene ring substituents is 1. The summed E-state index contributed by atoms with van der Waals surface area (Å²) in [7, 11) is 0. The standard InChI is InChI=1S/C26H24IN7O3S/c1-17-14-20(27)10-13-23(17)28-16-24-30-32-26(33(24)21-6-4-3-5-7-21)38-18(2)25(35)31-29-15-19-8-11-22(12-9-19)34(36)37/h3-15,18,28H,16H2,1-2H3,(H,31,35)/b29-15+. The summed E-state index contributed by atoms with van der Waals surface area (Å²) < 4.78 is 3.10. The summed E-state index contributed by atoms with van der Waals surface area (Å²) in [5.74, 6) is 0.394. The molecular weight excluding hydrogens is 617 g/mol. The van der Waals surface area contributed by atoms with Crippen molar-refractivity contribution in [1.29, 1.82) is 0 Å². The van der Waals surface area contributed by atoms with E-state index in [0.29, 0.717) is 23.1 Å². The molecule has 0 aliphatic heterocycles. The monoisotopic (exact) mass is 641 g/mol. The molecular formula is C26H24IN7O3S. The average Bonchev–Trinajstić information content (AvgIpc) is 3.31. The lowest BCUT2D eigenvalue weighted by atomic mass is 10.2. The van der Waals surface area contributed by atoms with Crippen LogP contribution in [0.1, 0.15) is 23.9 Å². The van der Waals surface area contributed by atoms with Gasteiger partial charge >= 0.3 is 0 Å². The van der Waals surface area contributed by atoms with Crippen LogP contribution < -0.4 is 10.7 Å². The van der Waals surface area contributed by atoms with Gasteiger partial charge in [-0.2, -0.15) is 5.10 Å². The SMILES string of the molecule is Cc1cc(I)ccc1NCc1nnc(SC(C)C(=O)N/N=C/c2ccc([N+](=O)[O-])cc2)n1-c1ccccc1. The van der Waals surface area contributed by atoms with Crippen molar-refractivity contribution in [2.24, 2.45) is 5.10 Å². The number of para-hydroxylation sites is 1. The van der Waals surface area contributed by atoms with Gasteiger partial charge in [-0.1, -0.05) is 30.0 Å². The summed E-state index contributed by atoms with van der Waals surface area (Å²) >= 11 is 3.56. The van der Waals surface area contributed by atoms with Gasteiger partial charge in [-0.15, -0.1) is 10.2 Å². The van der Waals surface area contributed by atoms with Gasteiger partial charge < -0.3 is 5.32 Å². The Balaban J connectivity index is 1.45. The van der Waals surface area contributed by atoms with Gasteiger partial charge in [0.2, 0.25) is 0 Å². The summed E-state index contributed by atoms with van der Waals surface area (Å²) in [4.78, 5) is 23.0. The maximum atomic E-state index is 12.7. The van der Waals surface area contributed by atoms with E-state index in [2.05, 4.69) is 61.6 Å². The summed E-state index contributed by atoms with van der Waals surface area (Å²) in [6.45, 7) is 4.26. The van der Waals surface area contributed by atoms with Crippen molar-refractivity contribution in [2.45, 2.75) is 30.8 Å². The molecule has 0 radical (unpaired) electrons. The zero-order valence-corrected chi connectivity index (χ0v) is 23.5. The number of aryl methyl sites for hydroxylation is 1. The van der Waals surface area contributed by atoms with Crippen molar-refractivity contribution >= 4 is 57.8 Å². The number of hydrogen-bond acceptors (Lipinski definition) is 8. The van der Waals surface area contributed by atoms with Crippen LogP contribution in [0.2, 0.25) is 0 Å². The molecule has 4 rings (SSSR count). The molecule has 1 amide bonds. The second kappa shape index (κ2) is 12.6. The van der Waals surface area contributed by atoms with Crippen LogP contribution in [-0.4, -0.2) is 37.1 Å². The molecule has 1 unspecified atom stereocenters. The first-order chi connectivity index (χ1) is 18.3. The number of halogens is 1. The van der Waals surface area contributed by atoms with E-state index in [9.17, 15) is 14.9 Å². The molecule has 0 spiro atoms. The number of non-ortho nitro benzene ring substituents is 1. The Bertz CT molecular complexity index is 1460. The summed E-state index contributed by atoms with van der Waals surface area (Å²) in [6.07, 6.45) is 1.43. The Hall–Kier alpha value is -3.78. The quantitative estimate of drug-likeness (QED) is 0.0788. The number of rotatable bonds is 10. The minimum Gasteiger partial charge on any atom is -0.378 e. The molecule has 194 valence electrons. The van der Waals surface area contributed by atoms with Gasteiger partial charge in [-0.25, -0.2) is 5.43 Å². The fourth-order valence-electron chi connectivity index (χ4n) is 3.48. The van der Waals surface area contributed by atoms with Crippen LogP contribution in [0.25, 0.3) is 5.69 Å². The number of anilines is 1. The van der Waals surface area contributed by atoms with Crippen LogP contribution in [0.4, 0.5) is 11.4 Å². The maximum absolute atomic E-state index is 12.7. The van der Waals surface area contributed by atoms with Crippen LogP contribution in [0.15, 0.2) is 83.1 Å². The van der Waals surface area contributed by atoms with Gasteiger partial charge in [0.25, 0.3) is 11.6 Å². The molecule has 0 fully saturated rings. The van der Waals surface area contributed by atoms with E-state index in [0.717, 1.165) is 16.9 Å². The number of nitro groups is 1. The number of hydrazone groups is 1. The third-order valence-electron chi connectivity index (χ3n) is 5.48. The van der Waals surface area contributed by atoms with Crippen molar-refractivity contribution in [3.8, 4) is 5.69 Å². The van der Waals surface area contributed by atoms with E-state index in [1.165, 1.54) is 33.7 Å². The first-order valence-corrected chi connectivity index (χ1v) is 13.5. The normalized spacial score (nSPS) is 11.9. The number of benzene rings is 3. The van der Waals surface area contributed by atoms with Gasteiger partial charge in [0, 0.05) is 27.1 Å². The molecule has 0 saturated heterocycles. The van der Waals surface area contributed by atoms with Crippen LogP contribution >= 0.6 is 34.4 Å². The first-order valence-electron chi connectivity index (χ1n) is 11.6. The number of nitrogens with zero attached hydrogens (tertiary/aromatic N) is 5. The molecule has 4 aromatic rings. The van der Waals surface area contributed by atoms with Crippen LogP contribution in [0.5, 0.6) is 0 Å². The van der Waals surface area contributed by atoms with Crippen molar-refractivity contribution in [3.05, 3.63) is 103 Å².